The Morgan fingerprint density at radius 1 is 1.07 bits per heavy atom. The molecule has 0 aliphatic heterocycles. The van der Waals surface area contributed by atoms with Crippen LogP contribution in [0.3, 0.4) is 0 Å². The topological polar surface area (TPSA) is 56.6 Å². The molecule has 1 aromatic carbocycles. The lowest BCUT2D eigenvalue weighted by atomic mass is 10.1. The molecule has 0 N–H and O–H groups in total. The van der Waals surface area contributed by atoms with Gasteiger partial charge in [-0.05, 0) is 47.9 Å². The van der Waals surface area contributed by atoms with E-state index >= 15 is 0 Å². The summed E-state index contributed by atoms with van der Waals surface area (Å²) in [5.41, 5.74) is 2.62. The molecule has 29 heavy (non-hydrogen) atoms. The fourth-order valence-corrected chi connectivity index (χ4v) is 3.41. The Balaban J connectivity index is 1.81. The highest BCUT2D eigenvalue weighted by atomic mass is 35.5. The van der Waals surface area contributed by atoms with Crippen LogP contribution in [0.25, 0.3) is 0 Å². The third-order valence-electron chi connectivity index (χ3n) is 4.72. The van der Waals surface area contributed by atoms with Crippen molar-refractivity contribution in [1.29, 1.82) is 0 Å². The molecule has 3 rings (SSSR count). The highest BCUT2D eigenvalue weighted by molar-refractivity contribution is 6.31. The molecular formula is C22H24ClN3O3. The zero-order valence-electron chi connectivity index (χ0n) is 16.8. The van der Waals surface area contributed by atoms with Crippen LogP contribution < -0.4 is 9.47 Å². The van der Waals surface area contributed by atoms with E-state index in [4.69, 9.17) is 21.1 Å². The van der Waals surface area contributed by atoms with Gasteiger partial charge in [-0.1, -0.05) is 17.7 Å². The van der Waals surface area contributed by atoms with Crippen LogP contribution in [0.1, 0.15) is 21.6 Å². The number of nitrogens with zero attached hydrogens (tertiary/aromatic N) is 3. The van der Waals surface area contributed by atoms with Gasteiger partial charge in [-0.15, -0.1) is 0 Å². The highest BCUT2D eigenvalue weighted by Gasteiger charge is 2.20. The minimum Gasteiger partial charge on any atom is -0.493 e. The number of carbonyl (C=O) groups is 1. The van der Waals surface area contributed by atoms with Crippen molar-refractivity contribution in [3.05, 3.63) is 76.8 Å². The first kappa shape index (κ1) is 20.7. The van der Waals surface area contributed by atoms with Crippen molar-refractivity contribution in [2.45, 2.75) is 13.0 Å². The first-order valence-corrected chi connectivity index (χ1v) is 9.60. The first-order valence-electron chi connectivity index (χ1n) is 9.22. The standard InChI is InChI=1S/C22H24ClN3O3/c1-25-15-18(23)13-19(25)22(27)26(14-17-6-9-24-10-7-17)11-8-16-4-5-20(28-2)21(12-16)29-3/h4-7,9-10,12-13,15H,8,11,14H2,1-3H3. The third-order valence-corrected chi connectivity index (χ3v) is 4.93. The lowest BCUT2D eigenvalue weighted by Crippen LogP contribution is -2.33. The van der Waals surface area contributed by atoms with Gasteiger partial charge < -0.3 is 18.9 Å². The summed E-state index contributed by atoms with van der Waals surface area (Å²) in [6.45, 7) is 1.02. The molecule has 3 aromatic rings. The number of hydrogen-bond donors (Lipinski definition) is 0. The molecule has 7 heteroatoms. The van der Waals surface area contributed by atoms with Crippen molar-refractivity contribution >= 4 is 17.5 Å². The molecule has 0 aliphatic carbocycles. The molecule has 0 unspecified atom stereocenters. The minimum atomic E-state index is -0.0725. The Kier molecular flexibility index (Phi) is 6.77. The Morgan fingerprint density at radius 3 is 2.41 bits per heavy atom. The number of rotatable bonds is 8. The molecule has 0 radical (unpaired) electrons. The molecule has 6 nitrogen and oxygen atoms in total. The number of aryl methyl sites for hydroxylation is 1. The number of amides is 1. The monoisotopic (exact) mass is 413 g/mol. The Labute approximate surface area is 175 Å². The maximum atomic E-state index is 13.2. The SMILES string of the molecule is COc1ccc(CCN(Cc2ccncc2)C(=O)c2cc(Cl)cn2C)cc1OC. The predicted octanol–water partition coefficient (Wildman–Crippen LogP) is 3.98. The summed E-state index contributed by atoms with van der Waals surface area (Å²) in [5.74, 6) is 1.28. The van der Waals surface area contributed by atoms with Gasteiger partial charge in [0, 0.05) is 38.7 Å². The molecule has 1 amide bonds. The molecule has 0 atom stereocenters. The van der Waals surface area contributed by atoms with Crippen LogP contribution in [0.2, 0.25) is 5.02 Å². The Hall–Kier alpha value is -2.99. The van der Waals surface area contributed by atoms with Gasteiger partial charge in [0.2, 0.25) is 0 Å². The maximum Gasteiger partial charge on any atom is 0.270 e. The molecule has 0 fully saturated rings. The fourth-order valence-electron chi connectivity index (χ4n) is 3.16. The minimum absolute atomic E-state index is 0.0725. The normalized spacial score (nSPS) is 10.6. The van der Waals surface area contributed by atoms with Crippen LogP contribution in [0, 0.1) is 0 Å². The molecule has 0 saturated carbocycles. The zero-order valence-corrected chi connectivity index (χ0v) is 17.5. The Bertz CT molecular complexity index is 973. The van der Waals surface area contributed by atoms with Crippen molar-refractivity contribution in [2.75, 3.05) is 20.8 Å². The summed E-state index contributed by atoms with van der Waals surface area (Å²) in [6.07, 6.45) is 5.86. The van der Waals surface area contributed by atoms with Gasteiger partial charge >= 0.3 is 0 Å². The number of halogens is 1. The average Bonchev–Trinajstić information content (AvgIpc) is 3.08. The van der Waals surface area contributed by atoms with Crippen LogP contribution in [-0.4, -0.2) is 41.1 Å². The van der Waals surface area contributed by atoms with E-state index in [1.165, 1.54) is 0 Å². The molecule has 152 valence electrons. The lowest BCUT2D eigenvalue weighted by molar-refractivity contribution is 0.0735. The van der Waals surface area contributed by atoms with E-state index in [2.05, 4.69) is 4.98 Å². The van der Waals surface area contributed by atoms with E-state index in [1.807, 2.05) is 42.3 Å². The second-order valence-electron chi connectivity index (χ2n) is 6.68. The summed E-state index contributed by atoms with van der Waals surface area (Å²) in [7, 11) is 5.04. The summed E-state index contributed by atoms with van der Waals surface area (Å²) in [4.78, 5) is 19.1. The molecule has 0 bridgehead atoms. The molecule has 0 aliphatic rings. The highest BCUT2D eigenvalue weighted by Crippen LogP contribution is 2.28. The fraction of sp³-hybridized carbons (Fsp3) is 0.273. The van der Waals surface area contributed by atoms with Gasteiger partial charge in [0.1, 0.15) is 5.69 Å². The van der Waals surface area contributed by atoms with E-state index in [-0.39, 0.29) is 5.91 Å². The quantitative estimate of drug-likeness (QED) is 0.560. The molecular weight excluding hydrogens is 390 g/mol. The predicted molar refractivity (Wildman–Crippen MR) is 113 cm³/mol. The third kappa shape index (κ3) is 5.09. The van der Waals surface area contributed by atoms with Gasteiger partial charge in [-0.2, -0.15) is 0 Å². The van der Waals surface area contributed by atoms with Crippen molar-refractivity contribution in [3.63, 3.8) is 0 Å². The number of methoxy groups -OCH3 is 2. The summed E-state index contributed by atoms with van der Waals surface area (Å²) >= 11 is 6.08. The van der Waals surface area contributed by atoms with E-state index in [0.29, 0.717) is 41.7 Å². The molecule has 2 heterocycles. The van der Waals surface area contributed by atoms with Crippen LogP contribution >= 0.6 is 11.6 Å². The van der Waals surface area contributed by atoms with Crippen molar-refractivity contribution < 1.29 is 14.3 Å². The van der Waals surface area contributed by atoms with Gasteiger partial charge in [-0.3, -0.25) is 9.78 Å². The van der Waals surface area contributed by atoms with Crippen LogP contribution in [0.15, 0.2) is 55.0 Å². The molecule has 2 aromatic heterocycles. The first-order chi connectivity index (χ1) is 14.0. The lowest BCUT2D eigenvalue weighted by Gasteiger charge is -2.23. The number of ether oxygens (including phenoxy) is 2. The van der Waals surface area contributed by atoms with Gasteiger partial charge in [0.15, 0.2) is 11.5 Å². The Morgan fingerprint density at radius 2 is 1.79 bits per heavy atom. The van der Waals surface area contributed by atoms with E-state index in [1.54, 1.807) is 43.4 Å². The number of benzene rings is 1. The largest absolute Gasteiger partial charge is 0.493 e. The van der Waals surface area contributed by atoms with Crippen molar-refractivity contribution in [1.82, 2.24) is 14.5 Å². The van der Waals surface area contributed by atoms with Crippen LogP contribution in [0.5, 0.6) is 11.5 Å². The number of hydrogen-bond acceptors (Lipinski definition) is 4. The smallest absolute Gasteiger partial charge is 0.270 e. The molecule has 0 saturated heterocycles. The van der Waals surface area contributed by atoms with Crippen molar-refractivity contribution in [2.24, 2.45) is 7.05 Å². The summed E-state index contributed by atoms with van der Waals surface area (Å²) < 4.78 is 12.4. The number of aromatic nitrogens is 2. The summed E-state index contributed by atoms with van der Waals surface area (Å²) in [5, 5.41) is 0.541. The van der Waals surface area contributed by atoms with Crippen molar-refractivity contribution in [3.8, 4) is 11.5 Å². The average molecular weight is 414 g/mol. The van der Waals surface area contributed by atoms with Gasteiger partial charge in [0.25, 0.3) is 5.91 Å². The second kappa shape index (κ2) is 9.47. The number of pyridine rings is 1. The van der Waals surface area contributed by atoms with Crippen LogP contribution in [0.4, 0.5) is 0 Å². The summed E-state index contributed by atoms with van der Waals surface area (Å²) in [6, 6.07) is 11.3. The van der Waals surface area contributed by atoms with E-state index in [0.717, 1.165) is 11.1 Å². The van der Waals surface area contributed by atoms with E-state index < -0.39 is 0 Å². The molecule has 0 spiro atoms. The maximum absolute atomic E-state index is 13.2. The number of carbonyl (C=O) groups excluding carboxylic acids is 1. The van der Waals surface area contributed by atoms with Gasteiger partial charge in [0.05, 0.1) is 19.2 Å². The second-order valence-corrected chi connectivity index (χ2v) is 7.11. The van der Waals surface area contributed by atoms with E-state index in [9.17, 15) is 4.79 Å². The van der Waals surface area contributed by atoms with Crippen LogP contribution in [-0.2, 0) is 20.0 Å². The van der Waals surface area contributed by atoms with Gasteiger partial charge in [-0.25, -0.2) is 0 Å². The zero-order chi connectivity index (χ0) is 20.8.